The van der Waals surface area contributed by atoms with Gasteiger partial charge in [0.1, 0.15) is 0 Å². The Balaban J connectivity index is 1.61. The van der Waals surface area contributed by atoms with Crippen LogP contribution in [-0.4, -0.2) is 23.9 Å². The Hall–Kier alpha value is -2.13. The molecule has 150 valence electrons. The van der Waals surface area contributed by atoms with Crippen molar-refractivity contribution >= 4 is 5.91 Å². The van der Waals surface area contributed by atoms with Crippen LogP contribution >= 0.6 is 0 Å². The molecule has 1 amide bonds. The predicted octanol–water partition coefficient (Wildman–Crippen LogP) is 5.42. The first-order valence-electron chi connectivity index (χ1n) is 10.7. The number of nitrogens with one attached hydrogen (secondary N) is 1. The summed E-state index contributed by atoms with van der Waals surface area (Å²) in [6.45, 7) is 12.0. The first kappa shape index (κ1) is 20.6. The summed E-state index contributed by atoms with van der Waals surface area (Å²) < 4.78 is 0. The second-order valence-electron chi connectivity index (χ2n) is 8.43. The van der Waals surface area contributed by atoms with Crippen LogP contribution in [0, 0.1) is 19.8 Å². The Morgan fingerprint density at radius 2 is 1.75 bits per heavy atom. The van der Waals surface area contributed by atoms with E-state index in [1.54, 1.807) is 0 Å². The van der Waals surface area contributed by atoms with Gasteiger partial charge in [0.15, 0.2) is 0 Å². The second kappa shape index (κ2) is 9.38. The highest BCUT2D eigenvalue weighted by Crippen LogP contribution is 2.21. The molecule has 1 fully saturated rings. The molecule has 2 aromatic carbocycles. The van der Waals surface area contributed by atoms with Gasteiger partial charge in [-0.25, -0.2) is 0 Å². The summed E-state index contributed by atoms with van der Waals surface area (Å²) in [6.07, 6.45) is 3.45. The number of hydrogen-bond donors (Lipinski definition) is 1. The molecule has 1 aliphatic rings. The minimum Gasteiger partial charge on any atom is -0.345 e. The lowest BCUT2D eigenvalue weighted by Crippen LogP contribution is -2.32. The van der Waals surface area contributed by atoms with Gasteiger partial charge in [0, 0.05) is 12.1 Å². The number of aryl methyl sites for hydroxylation is 2. The van der Waals surface area contributed by atoms with Crippen LogP contribution in [0.2, 0.25) is 0 Å². The van der Waals surface area contributed by atoms with Gasteiger partial charge >= 0.3 is 0 Å². The van der Waals surface area contributed by atoms with Crippen LogP contribution in [0.1, 0.15) is 71.8 Å². The number of rotatable bonds is 6. The highest BCUT2D eigenvalue weighted by atomic mass is 16.1. The van der Waals surface area contributed by atoms with E-state index in [4.69, 9.17) is 0 Å². The molecule has 0 aliphatic carbocycles. The maximum Gasteiger partial charge on any atom is 0.251 e. The fraction of sp³-hybridized carbons (Fsp3) is 0.480. The zero-order chi connectivity index (χ0) is 20.1. The van der Waals surface area contributed by atoms with E-state index in [0.29, 0.717) is 0 Å². The summed E-state index contributed by atoms with van der Waals surface area (Å²) in [4.78, 5) is 15.3. The van der Waals surface area contributed by atoms with Crippen LogP contribution in [0.25, 0.3) is 0 Å². The molecule has 28 heavy (non-hydrogen) atoms. The largest absolute Gasteiger partial charge is 0.345 e. The van der Waals surface area contributed by atoms with Crippen molar-refractivity contribution in [2.45, 2.75) is 59.5 Å². The molecule has 1 aliphatic heterocycles. The molecular formula is C25H34N2O. The van der Waals surface area contributed by atoms with Crippen LogP contribution < -0.4 is 5.32 Å². The Morgan fingerprint density at radius 3 is 2.36 bits per heavy atom. The van der Waals surface area contributed by atoms with E-state index in [2.05, 4.69) is 68.2 Å². The number of carbonyl (C=O) groups excluding carboxylic acids is 1. The molecule has 3 nitrogen and oxygen atoms in total. The molecule has 0 radical (unpaired) electrons. The normalized spacial score (nSPS) is 16.7. The third-order valence-corrected chi connectivity index (χ3v) is 6.15. The van der Waals surface area contributed by atoms with E-state index in [9.17, 15) is 4.79 Å². The zero-order valence-electron chi connectivity index (χ0n) is 17.8. The standard InChI is InChI=1S/C25H34N2O/c1-5-24(23-9-6-19(3)20(4)16-23)26-25(28)22-10-7-21(8-11-22)17-27-14-12-18(2)13-15-27/h6-11,16,18,24H,5,12-15,17H2,1-4H3,(H,26,28)/t24-/m1/s1. The van der Waals surface area contributed by atoms with Crippen LogP contribution in [-0.2, 0) is 6.54 Å². The van der Waals surface area contributed by atoms with E-state index in [-0.39, 0.29) is 11.9 Å². The SMILES string of the molecule is CC[C@@H](NC(=O)c1ccc(CN2CCC(C)CC2)cc1)c1ccc(C)c(C)c1. The Labute approximate surface area is 170 Å². The highest BCUT2D eigenvalue weighted by Gasteiger charge is 2.17. The van der Waals surface area contributed by atoms with Gasteiger partial charge in [-0.1, -0.05) is 44.2 Å². The number of hydrogen-bond acceptors (Lipinski definition) is 2. The van der Waals surface area contributed by atoms with E-state index < -0.39 is 0 Å². The lowest BCUT2D eigenvalue weighted by Gasteiger charge is -2.30. The quantitative estimate of drug-likeness (QED) is 0.728. The van der Waals surface area contributed by atoms with Gasteiger partial charge in [-0.05, 0) is 86.5 Å². The topological polar surface area (TPSA) is 32.3 Å². The molecule has 1 saturated heterocycles. The summed E-state index contributed by atoms with van der Waals surface area (Å²) in [6, 6.07) is 14.6. The van der Waals surface area contributed by atoms with Crippen molar-refractivity contribution in [3.05, 3.63) is 70.3 Å². The van der Waals surface area contributed by atoms with Crippen LogP contribution in [0.3, 0.4) is 0 Å². The van der Waals surface area contributed by atoms with Crippen molar-refractivity contribution in [2.24, 2.45) is 5.92 Å². The van der Waals surface area contributed by atoms with Crippen molar-refractivity contribution in [3.8, 4) is 0 Å². The van der Waals surface area contributed by atoms with Crippen molar-refractivity contribution in [2.75, 3.05) is 13.1 Å². The molecule has 3 rings (SSSR count). The Morgan fingerprint density at radius 1 is 1.07 bits per heavy atom. The summed E-state index contributed by atoms with van der Waals surface area (Å²) in [5.41, 5.74) is 5.74. The highest BCUT2D eigenvalue weighted by molar-refractivity contribution is 5.94. The van der Waals surface area contributed by atoms with Crippen molar-refractivity contribution in [3.63, 3.8) is 0 Å². The summed E-state index contributed by atoms with van der Waals surface area (Å²) in [7, 11) is 0. The average molecular weight is 379 g/mol. The maximum absolute atomic E-state index is 12.8. The van der Waals surface area contributed by atoms with Crippen molar-refractivity contribution in [1.29, 1.82) is 0 Å². The first-order chi connectivity index (χ1) is 13.5. The van der Waals surface area contributed by atoms with Crippen LogP contribution in [0.5, 0.6) is 0 Å². The van der Waals surface area contributed by atoms with Crippen molar-refractivity contribution in [1.82, 2.24) is 10.2 Å². The van der Waals surface area contributed by atoms with E-state index in [1.807, 2.05) is 12.1 Å². The zero-order valence-corrected chi connectivity index (χ0v) is 17.8. The fourth-order valence-corrected chi connectivity index (χ4v) is 3.88. The van der Waals surface area contributed by atoms with Crippen molar-refractivity contribution < 1.29 is 4.79 Å². The minimum absolute atomic E-state index is 0.00317. The Kier molecular flexibility index (Phi) is 6.90. The van der Waals surface area contributed by atoms with Gasteiger partial charge in [-0.3, -0.25) is 9.69 Å². The van der Waals surface area contributed by atoms with Crippen LogP contribution in [0.4, 0.5) is 0 Å². The van der Waals surface area contributed by atoms with Gasteiger partial charge in [-0.2, -0.15) is 0 Å². The molecule has 0 spiro atoms. The number of likely N-dealkylation sites (tertiary alicyclic amines) is 1. The number of nitrogens with zero attached hydrogens (tertiary/aromatic N) is 1. The first-order valence-corrected chi connectivity index (χ1v) is 10.7. The maximum atomic E-state index is 12.8. The van der Waals surface area contributed by atoms with E-state index >= 15 is 0 Å². The molecule has 1 atom stereocenters. The molecule has 2 aromatic rings. The molecule has 1 N–H and O–H groups in total. The molecule has 0 bridgehead atoms. The summed E-state index contributed by atoms with van der Waals surface area (Å²) in [5.74, 6) is 0.856. The number of benzene rings is 2. The van der Waals surface area contributed by atoms with Gasteiger partial charge in [-0.15, -0.1) is 0 Å². The Bertz CT molecular complexity index is 789. The number of carbonyl (C=O) groups is 1. The molecule has 0 unspecified atom stereocenters. The smallest absolute Gasteiger partial charge is 0.251 e. The van der Waals surface area contributed by atoms with Gasteiger partial charge in [0.25, 0.3) is 5.91 Å². The average Bonchev–Trinajstić information content (AvgIpc) is 2.70. The summed E-state index contributed by atoms with van der Waals surface area (Å²) >= 11 is 0. The summed E-state index contributed by atoms with van der Waals surface area (Å²) in [5, 5.41) is 3.20. The molecule has 1 heterocycles. The molecule has 0 saturated carbocycles. The minimum atomic E-state index is 0.00317. The predicted molar refractivity (Wildman–Crippen MR) is 117 cm³/mol. The lowest BCUT2D eigenvalue weighted by atomic mass is 9.98. The van der Waals surface area contributed by atoms with Gasteiger partial charge in [0.2, 0.25) is 0 Å². The monoisotopic (exact) mass is 378 g/mol. The molecule has 0 aromatic heterocycles. The number of piperidine rings is 1. The third-order valence-electron chi connectivity index (χ3n) is 6.15. The molecular weight excluding hydrogens is 344 g/mol. The van der Waals surface area contributed by atoms with Gasteiger partial charge in [0.05, 0.1) is 6.04 Å². The van der Waals surface area contributed by atoms with E-state index in [1.165, 1.54) is 48.2 Å². The number of amides is 1. The second-order valence-corrected chi connectivity index (χ2v) is 8.43. The molecule has 3 heteroatoms. The fourth-order valence-electron chi connectivity index (χ4n) is 3.88. The van der Waals surface area contributed by atoms with Crippen LogP contribution in [0.15, 0.2) is 42.5 Å². The third kappa shape index (κ3) is 5.23. The van der Waals surface area contributed by atoms with Gasteiger partial charge < -0.3 is 5.32 Å². The van der Waals surface area contributed by atoms with E-state index in [0.717, 1.165) is 24.4 Å². The lowest BCUT2D eigenvalue weighted by molar-refractivity contribution is 0.0935.